The monoisotopic (exact) mass is 599 g/mol. The van der Waals surface area contributed by atoms with Gasteiger partial charge in [0, 0.05) is 42.2 Å². The molecule has 4 aliphatic rings. The van der Waals surface area contributed by atoms with Gasteiger partial charge in [0.2, 0.25) is 0 Å². The lowest BCUT2D eigenvalue weighted by Gasteiger charge is -2.45. The van der Waals surface area contributed by atoms with Crippen molar-refractivity contribution in [2.45, 2.75) is 57.0 Å². The third-order valence-electron chi connectivity index (χ3n) is 9.46. The third kappa shape index (κ3) is 5.49. The van der Waals surface area contributed by atoms with Crippen molar-refractivity contribution in [2.75, 3.05) is 37.7 Å². The number of amides is 1. The molecule has 2 aliphatic carbocycles. The van der Waals surface area contributed by atoms with Gasteiger partial charge in [0.25, 0.3) is 5.91 Å². The van der Waals surface area contributed by atoms with E-state index in [1.165, 1.54) is 15.4 Å². The Kier molecular flexibility index (Phi) is 7.82. The van der Waals surface area contributed by atoms with Crippen LogP contribution in [0.3, 0.4) is 0 Å². The Labute approximate surface area is 247 Å². The summed E-state index contributed by atoms with van der Waals surface area (Å²) < 4.78 is 36.2. The van der Waals surface area contributed by atoms with E-state index < -0.39 is 22.2 Å². The number of aliphatic hydroxyl groups excluding tert-OH is 1. The van der Waals surface area contributed by atoms with Gasteiger partial charge in [-0.05, 0) is 91.8 Å². The molecule has 2 aliphatic heterocycles. The fourth-order valence-electron chi connectivity index (χ4n) is 7.10. The van der Waals surface area contributed by atoms with Crippen LogP contribution in [-0.2, 0) is 22.0 Å². The van der Waals surface area contributed by atoms with Crippen LogP contribution >= 0.6 is 11.6 Å². The van der Waals surface area contributed by atoms with E-state index in [1.54, 1.807) is 25.1 Å². The van der Waals surface area contributed by atoms with Crippen molar-refractivity contribution in [1.29, 1.82) is 0 Å². The summed E-state index contributed by atoms with van der Waals surface area (Å²) in [7, 11) is -4.04. The lowest BCUT2D eigenvalue weighted by atomic mass is 9.68. The van der Waals surface area contributed by atoms with E-state index in [2.05, 4.69) is 21.8 Å². The van der Waals surface area contributed by atoms with Crippen LogP contribution in [0.2, 0.25) is 5.02 Å². The van der Waals surface area contributed by atoms with Gasteiger partial charge >= 0.3 is 10.2 Å². The highest BCUT2D eigenvalue weighted by Crippen LogP contribution is 2.46. The Morgan fingerprint density at radius 1 is 1.20 bits per heavy atom. The summed E-state index contributed by atoms with van der Waals surface area (Å²) in [6.07, 6.45) is 8.44. The molecule has 220 valence electrons. The van der Waals surface area contributed by atoms with Crippen molar-refractivity contribution in [1.82, 2.24) is 9.03 Å². The quantitative estimate of drug-likeness (QED) is 0.470. The molecule has 2 aromatic carbocycles. The SMILES string of the molecule is CCN1CC/C=C/[C@H](O)[C@@H]2CC[C@H]2CN2C[C@@]3(CCCc4cc(Cl)ccc43)COc3ccc(cc32)C(=O)NS1(=O)=O. The summed E-state index contributed by atoms with van der Waals surface area (Å²) in [6, 6.07) is 11.3. The molecule has 1 amide bonds. The number of rotatable bonds is 1. The van der Waals surface area contributed by atoms with Gasteiger partial charge in [0.1, 0.15) is 5.75 Å². The highest BCUT2D eigenvalue weighted by atomic mass is 35.5. The van der Waals surface area contributed by atoms with Gasteiger partial charge < -0.3 is 14.7 Å². The molecule has 0 aromatic heterocycles. The second-order valence-electron chi connectivity index (χ2n) is 11.9. The number of nitrogens with one attached hydrogen (secondary N) is 1. The maximum absolute atomic E-state index is 13.3. The van der Waals surface area contributed by atoms with Crippen LogP contribution in [0.1, 0.15) is 60.5 Å². The van der Waals surface area contributed by atoms with E-state index >= 15 is 0 Å². The van der Waals surface area contributed by atoms with Crippen LogP contribution < -0.4 is 14.4 Å². The fourth-order valence-corrected chi connectivity index (χ4v) is 8.46. The maximum atomic E-state index is 13.3. The number of hydrogen-bond acceptors (Lipinski definition) is 6. The van der Waals surface area contributed by atoms with Crippen LogP contribution in [0.25, 0.3) is 0 Å². The predicted octanol–water partition coefficient (Wildman–Crippen LogP) is 4.46. The Hall–Kier alpha value is -2.59. The Morgan fingerprint density at radius 3 is 2.83 bits per heavy atom. The van der Waals surface area contributed by atoms with Gasteiger partial charge in [-0.25, -0.2) is 4.72 Å². The zero-order chi connectivity index (χ0) is 28.8. The van der Waals surface area contributed by atoms with Gasteiger partial charge in [-0.2, -0.15) is 12.7 Å². The number of carbonyl (C=O) groups is 1. The fraction of sp³-hybridized carbons (Fsp3) is 0.516. The molecule has 0 radical (unpaired) electrons. The number of aryl methyl sites for hydroxylation is 1. The molecule has 4 atom stereocenters. The number of nitrogens with zero attached hydrogens (tertiary/aromatic N) is 2. The molecule has 1 saturated carbocycles. The molecule has 2 bridgehead atoms. The number of hydrogen-bond donors (Lipinski definition) is 2. The highest BCUT2D eigenvalue weighted by molar-refractivity contribution is 7.87. The van der Waals surface area contributed by atoms with Crippen molar-refractivity contribution in [3.63, 3.8) is 0 Å². The molecule has 8 nitrogen and oxygen atoms in total. The molecule has 2 aromatic rings. The number of aliphatic hydroxyl groups is 1. The number of anilines is 1. The highest BCUT2D eigenvalue weighted by Gasteiger charge is 2.44. The summed E-state index contributed by atoms with van der Waals surface area (Å²) in [5.41, 5.74) is 3.29. The van der Waals surface area contributed by atoms with E-state index in [9.17, 15) is 18.3 Å². The number of benzene rings is 2. The summed E-state index contributed by atoms with van der Waals surface area (Å²) >= 11 is 6.38. The molecule has 41 heavy (non-hydrogen) atoms. The van der Waals surface area contributed by atoms with Crippen LogP contribution in [0.5, 0.6) is 5.75 Å². The first kappa shape index (κ1) is 28.5. The lowest BCUT2D eigenvalue weighted by molar-refractivity contribution is 0.0456. The molecule has 10 heteroatoms. The molecular weight excluding hydrogens is 562 g/mol. The Bertz CT molecular complexity index is 1460. The summed E-state index contributed by atoms with van der Waals surface area (Å²) in [5, 5.41) is 11.8. The zero-order valence-electron chi connectivity index (χ0n) is 23.4. The molecule has 0 unspecified atom stereocenters. The first-order valence-electron chi connectivity index (χ1n) is 14.7. The Morgan fingerprint density at radius 2 is 2.05 bits per heavy atom. The second-order valence-corrected chi connectivity index (χ2v) is 14.0. The van der Waals surface area contributed by atoms with Crippen molar-refractivity contribution in [3.8, 4) is 5.75 Å². The smallest absolute Gasteiger partial charge is 0.304 e. The molecule has 1 fully saturated rings. The minimum Gasteiger partial charge on any atom is -0.490 e. The van der Waals surface area contributed by atoms with E-state index in [0.717, 1.165) is 42.8 Å². The third-order valence-corrected chi connectivity index (χ3v) is 11.3. The summed E-state index contributed by atoms with van der Waals surface area (Å²) in [4.78, 5) is 15.6. The van der Waals surface area contributed by atoms with Crippen molar-refractivity contribution in [2.24, 2.45) is 11.8 Å². The van der Waals surface area contributed by atoms with Crippen molar-refractivity contribution < 1.29 is 23.1 Å². The van der Waals surface area contributed by atoms with Crippen LogP contribution in [0.4, 0.5) is 5.69 Å². The van der Waals surface area contributed by atoms with E-state index in [0.29, 0.717) is 31.9 Å². The number of fused-ring (bicyclic) bond motifs is 4. The molecule has 0 saturated heterocycles. The van der Waals surface area contributed by atoms with E-state index in [4.69, 9.17) is 16.3 Å². The number of carbonyl (C=O) groups excluding carboxylic acids is 1. The zero-order valence-corrected chi connectivity index (χ0v) is 25.0. The average molecular weight is 600 g/mol. The minimum absolute atomic E-state index is 0.123. The van der Waals surface area contributed by atoms with Gasteiger partial charge in [0.15, 0.2) is 0 Å². The molecular formula is C31H38ClN3O5S. The lowest BCUT2D eigenvalue weighted by Crippen LogP contribution is -2.49. The van der Waals surface area contributed by atoms with Gasteiger partial charge in [-0.15, -0.1) is 0 Å². The molecule has 2 N–H and O–H groups in total. The summed E-state index contributed by atoms with van der Waals surface area (Å²) in [6.45, 7) is 4.09. The van der Waals surface area contributed by atoms with Gasteiger partial charge in [-0.3, -0.25) is 4.79 Å². The number of ether oxygens (including phenoxy) is 1. The van der Waals surface area contributed by atoms with Gasteiger partial charge in [-0.1, -0.05) is 36.7 Å². The molecule has 1 spiro atoms. The second kappa shape index (κ2) is 11.2. The van der Waals surface area contributed by atoms with Crippen LogP contribution in [-0.4, -0.2) is 62.6 Å². The van der Waals surface area contributed by atoms with Crippen molar-refractivity contribution >= 4 is 33.4 Å². The maximum Gasteiger partial charge on any atom is 0.304 e. The topological polar surface area (TPSA) is 99.2 Å². The largest absolute Gasteiger partial charge is 0.490 e. The first-order valence-corrected chi connectivity index (χ1v) is 16.5. The minimum atomic E-state index is -4.04. The Balaban J connectivity index is 1.42. The van der Waals surface area contributed by atoms with E-state index in [-0.39, 0.29) is 35.9 Å². The standard InChI is InChI=1S/C31H38ClN3O5S/c1-2-35-15-4-3-7-28(36)25-11-8-23(25)18-34-19-31(14-5-6-21-16-24(32)10-12-26(21)31)20-40-29-13-9-22(17-27(29)34)30(37)33-41(35,38)39/h3,7,9-10,12-13,16-17,23,25,28,36H,2,4-6,8,11,14-15,18-20H2,1H3,(H,33,37)/b7-3+/t23-,25+,28-,31-/m0/s1. The molecule has 2 heterocycles. The van der Waals surface area contributed by atoms with Crippen LogP contribution in [0, 0.1) is 11.8 Å². The summed E-state index contributed by atoms with van der Waals surface area (Å²) in [5.74, 6) is 0.416. The van der Waals surface area contributed by atoms with Gasteiger partial charge in [0.05, 0.1) is 18.4 Å². The molecule has 6 rings (SSSR count). The van der Waals surface area contributed by atoms with E-state index in [1.807, 2.05) is 18.2 Å². The van der Waals surface area contributed by atoms with Crippen LogP contribution in [0.15, 0.2) is 48.6 Å². The predicted molar refractivity (Wildman–Crippen MR) is 160 cm³/mol. The number of halogens is 1. The normalized spacial score (nSPS) is 30.7. The van der Waals surface area contributed by atoms with Crippen molar-refractivity contribution in [3.05, 3.63) is 70.3 Å². The average Bonchev–Trinajstić information content (AvgIpc) is 3.07. The first-order chi connectivity index (χ1) is 19.7.